The molecule has 2 rings (SSSR count). The van der Waals surface area contributed by atoms with Crippen molar-refractivity contribution < 1.29 is 0 Å². The van der Waals surface area contributed by atoms with E-state index < -0.39 is 0 Å². The zero-order chi connectivity index (χ0) is 10.9. The Morgan fingerprint density at radius 3 is 2.87 bits per heavy atom. The first kappa shape index (κ1) is 10.7. The van der Waals surface area contributed by atoms with Gasteiger partial charge in [-0.2, -0.15) is 0 Å². The second-order valence-corrected chi connectivity index (χ2v) is 5.77. The van der Waals surface area contributed by atoms with Crippen LogP contribution in [0.25, 0.3) is 0 Å². The molecule has 1 aliphatic heterocycles. The van der Waals surface area contributed by atoms with Gasteiger partial charge in [0.25, 0.3) is 0 Å². The van der Waals surface area contributed by atoms with Gasteiger partial charge in [0, 0.05) is 18.3 Å². The van der Waals surface area contributed by atoms with E-state index in [1.54, 1.807) is 5.57 Å². The van der Waals surface area contributed by atoms with E-state index in [2.05, 4.69) is 37.9 Å². The fourth-order valence-corrected chi connectivity index (χ4v) is 3.00. The fourth-order valence-electron chi connectivity index (χ4n) is 3.00. The summed E-state index contributed by atoms with van der Waals surface area (Å²) in [6, 6.07) is 0. The van der Waals surface area contributed by atoms with E-state index >= 15 is 0 Å². The van der Waals surface area contributed by atoms with Gasteiger partial charge in [0.2, 0.25) is 0 Å². The van der Waals surface area contributed by atoms with Crippen LogP contribution in [0.5, 0.6) is 0 Å². The minimum atomic E-state index is 0.479. The van der Waals surface area contributed by atoms with Crippen molar-refractivity contribution in [1.82, 2.24) is 0 Å². The largest absolute Gasteiger partial charge is 0.266 e. The fraction of sp³-hybridized carbons (Fsp3) is 0.643. The summed E-state index contributed by atoms with van der Waals surface area (Å²) in [6.45, 7) is 7.02. The van der Waals surface area contributed by atoms with Gasteiger partial charge in [-0.15, -0.1) is 0 Å². The van der Waals surface area contributed by atoms with Crippen molar-refractivity contribution in [2.45, 2.75) is 46.5 Å². The monoisotopic (exact) mass is 203 g/mol. The van der Waals surface area contributed by atoms with Gasteiger partial charge in [0.05, 0.1) is 0 Å². The van der Waals surface area contributed by atoms with Gasteiger partial charge < -0.3 is 0 Å². The van der Waals surface area contributed by atoms with E-state index in [1.165, 1.54) is 18.5 Å². The van der Waals surface area contributed by atoms with E-state index in [-0.39, 0.29) is 0 Å². The van der Waals surface area contributed by atoms with Crippen molar-refractivity contribution in [2.24, 2.45) is 16.3 Å². The van der Waals surface area contributed by atoms with Crippen LogP contribution < -0.4 is 0 Å². The van der Waals surface area contributed by atoms with E-state index in [9.17, 15) is 0 Å². The van der Waals surface area contributed by atoms with Crippen LogP contribution in [-0.4, -0.2) is 6.21 Å². The third-order valence-corrected chi connectivity index (χ3v) is 3.28. The Morgan fingerprint density at radius 1 is 1.47 bits per heavy atom. The van der Waals surface area contributed by atoms with Crippen LogP contribution in [-0.2, 0) is 0 Å². The third-order valence-electron chi connectivity index (χ3n) is 3.28. The van der Waals surface area contributed by atoms with Crippen LogP contribution in [0.4, 0.5) is 0 Å². The predicted molar refractivity (Wildman–Crippen MR) is 66.1 cm³/mol. The number of allylic oxidation sites excluding steroid dienone is 4. The second kappa shape index (κ2) is 3.96. The quantitative estimate of drug-likeness (QED) is 0.599. The maximum atomic E-state index is 4.41. The molecule has 0 amide bonds. The van der Waals surface area contributed by atoms with Gasteiger partial charge in [-0.3, -0.25) is 4.99 Å². The summed E-state index contributed by atoms with van der Waals surface area (Å²) in [7, 11) is 0. The molecule has 1 heterocycles. The first-order chi connectivity index (χ1) is 7.05. The highest BCUT2D eigenvalue weighted by atomic mass is 14.7. The van der Waals surface area contributed by atoms with E-state index in [0.717, 1.165) is 12.8 Å². The second-order valence-electron chi connectivity index (χ2n) is 5.77. The van der Waals surface area contributed by atoms with Gasteiger partial charge >= 0.3 is 0 Å². The Labute approximate surface area is 93.0 Å². The van der Waals surface area contributed by atoms with E-state index in [0.29, 0.717) is 11.3 Å². The molecule has 0 aromatic carbocycles. The molecule has 1 aliphatic carbocycles. The molecule has 0 fully saturated rings. The Bertz CT molecular complexity index is 331. The predicted octanol–water partition coefficient (Wildman–Crippen LogP) is 4.12. The Kier molecular flexibility index (Phi) is 2.81. The number of nitrogens with zero attached hydrogens (tertiary/aromatic N) is 1. The molecule has 0 saturated heterocycles. The smallest absolute Gasteiger partial charge is 0.0369 e. The molecular formula is C14H21N. The molecule has 0 aromatic rings. The lowest BCUT2D eigenvalue weighted by Crippen LogP contribution is -2.21. The number of rotatable bonds is 2. The SMILES string of the molecule is CC1=CC(CC2=CCC=N2)CC(C)(C)C1. The number of hydrogen-bond acceptors (Lipinski definition) is 1. The van der Waals surface area contributed by atoms with Gasteiger partial charge in [-0.05, 0) is 37.5 Å². The zero-order valence-corrected chi connectivity index (χ0v) is 10.1. The van der Waals surface area contributed by atoms with Crippen LogP contribution in [0.2, 0.25) is 0 Å². The Balaban J connectivity index is 2.03. The van der Waals surface area contributed by atoms with Crippen molar-refractivity contribution >= 4 is 6.21 Å². The minimum Gasteiger partial charge on any atom is -0.266 e. The molecule has 1 heteroatoms. The molecule has 0 aromatic heterocycles. The van der Waals surface area contributed by atoms with E-state index in [1.807, 2.05) is 6.21 Å². The summed E-state index contributed by atoms with van der Waals surface area (Å²) in [6.07, 6.45) is 11.5. The molecule has 2 aliphatic rings. The first-order valence-electron chi connectivity index (χ1n) is 5.94. The average molecular weight is 203 g/mol. The minimum absolute atomic E-state index is 0.479. The molecule has 1 nitrogen and oxygen atoms in total. The Hall–Kier alpha value is -0.850. The van der Waals surface area contributed by atoms with Gasteiger partial charge in [-0.25, -0.2) is 0 Å². The van der Waals surface area contributed by atoms with Gasteiger partial charge in [0.1, 0.15) is 0 Å². The highest BCUT2D eigenvalue weighted by molar-refractivity contribution is 5.64. The van der Waals surface area contributed by atoms with Crippen LogP contribution >= 0.6 is 0 Å². The molecular weight excluding hydrogens is 182 g/mol. The molecule has 1 unspecified atom stereocenters. The topological polar surface area (TPSA) is 12.4 Å². The highest BCUT2D eigenvalue weighted by Crippen LogP contribution is 2.40. The van der Waals surface area contributed by atoms with Crippen molar-refractivity contribution in [3.63, 3.8) is 0 Å². The summed E-state index contributed by atoms with van der Waals surface area (Å²) < 4.78 is 0. The summed E-state index contributed by atoms with van der Waals surface area (Å²) in [4.78, 5) is 4.41. The molecule has 0 saturated carbocycles. The normalized spacial score (nSPS) is 28.9. The molecule has 15 heavy (non-hydrogen) atoms. The van der Waals surface area contributed by atoms with Crippen LogP contribution in [0.1, 0.15) is 46.5 Å². The average Bonchev–Trinajstić information content (AvgIpc) is 2.52. The summed E-state index contributed by atoms with van der Waals surface area (Å²) >= 11 is 0. The maximum Gasteiger partial charge on any atom is 0.0369 e. The van der Waals surface area contributed by atoms with Crippen molar-refractivity contribution in [1.29, 1.82) is 0 Å². The summed E-state index contributed by atoms with van der Waals surface area (Å²) in [5.41, 5.74) is 3.33. The van der Waals surface area contributed by atoms with Crippen molar-refractivity contribution in [3.05, 3.63) is 23.4 Å². The first-order valence-corrected chi connectivity index (χ1v) is 5.94. The summed E-state index contributed by atoms with van der Waals surface area (Å²) in [5.74, 6) is 0.704. The van der Waals surface area contributed by atoms with Gasteiger partial charge in [0.15, 0.2) is 0 Å². The van der Waals surface area contributed by atoms with Gasteiger partial charge in [-0.1, -0.05) is 31.6 Å². The summed E-state index contributed by atoms with van der Waals surface area (Å²) in [5, 5.41) is 0. The maximum absolute atomic E-state index is 4.41. The molecule has 82 valence electrons. The third kappa shape index (κ3) is 2.80. The van der Waals surface area contributed by atoms with Crippen LogP contribution in [0, 0.1) is 11.3 Å². The van der Waals surface area contributed by atoms with Crippen LogP contribution in [0.15, 0.2) is 28.4 Å². The van der Waals surface area contributed by atoms with Crippen molar-refractivity contribution in [2.75, 3.05) is 0 Å². The number of hydrogen-bond donors (Lipinski definition) is 0. The number of aliphatic imine (C=N–C) groups is 1. The highest BCUT2D eigenvalue weighted by Gasteiger charge is 2.27. The standard InChI is InChI=1S/C14H21N/c1-11-7-12(10-14(2,3)9-11)8-13-5-4-6-15-13/h5-7,12H,4,8-10H2,1-3H3. The lowest BCUT2D eigenvalue weighted by atomic mass is 9.72. The Morgan fingerprint density at radius 2 is 2.27 bits per heavy atom. The lowest BCUT2D eigenvalue weighted by molar-refractivity contribution is 0.269. The molecule has 0 spiro atoms. The molecule has 0 N–H and O–H groups in total. The zero-order valence-electron chi connectivity index (χ0n) is 10.1. The van der Waals surface area contributed by atoms with Crippen LogP contribution in [0.3, 0.4) is 0 Å². The van der Waals surface area contributed by atoms with Crippen molar-refractivity contribution in [3.8, 4) is 0 Å². The van der Waals surface area contributed by atoms with E-state index in [4.69, 9.17) is 0 Å². The lowest BCUT2D eigenvalue weighted by Gasteiger charge is -2.33. The molecule has 0 radical (unpaired) electrons. The molecule has 1 atom stereocenters. The molecule has 0 bridgehead atoms.